The average Bonchev–Trinajstić information content (AvgIpc) is 2.47. The molecule has 2 atom stereocenters. The van der Waals surface area contributed by atoms with E-state index in [9.17, 15) is 4.79 Å². The van der Waals surface area contributed by atoms with Crippen LogP contribution >= 0.6 is 11.6 Å². The van der Waals surface area contributed by atoms with Crippen LogP contribution in [0.2, 0.25) is 5.02 Å². The van der Waals surface area contributed by atoms with Crippen LogP contribution in [0.5, 0.6) is 0 Å². The van der Waals surface area contributed by atoms with Crippen molar-refractivity contribution in [2.24, 2.45) is 5.92 Å². The molecule has 1 N–H and O–H groups in total. The molecular formula is C16H24ClNO2. The summed E-state index contributed by atoms with van der Waals surface area (Å²) < 4.78 is 4.73. The number of halogens is 1. The molecular weight excluding hydrogens is 274 g/mol. The Morgan fingerprint density at radius 3 is 2.60 bits per heavy atom. The van der Waals surface area contributed by atoms with Crippen molar-refractivity contribution in [2.45, 2.75) is 46.1 Å². The fraction of sp³-hybridized carbons (Fsp3) is 0.562. The molecule has 1 aromatic carbocycles. The van der Waals surface area contributed by atoms with E-state index in [0.29, 0.717) is 22.5 Å². The Bertz CT molecular complexity index is 448. The first-order valence-corrected chi connectivity index (χ1v) is 7.53. The van der Waals surface area contributed by atoms with E-state index in [0.717, 1.165) is 24.9 Å². The number of nitrogens with one attached hydrogen (secondary N) is 1. The fourth-order valence-corrected chi connectivity index (χ4v) is 2.25. The van der Waals surface area contributed by atoms with Crippen molar-refractivity contribution in [1.29, 1.82) is 0 Å². The maximum atomic E-state index is 11.6. The third kappa shape index (κ3) is 4.71. The molecule has 0 aromatic heterocycles. The first-order valence-electron chi connectivity index (χ1n) is 7.16. The lowest BCUT2D eigenvalue weighted by Gasteiger charge is -2.22. The fourth-order valence-electron chi connectivity index (χ4n) is 2.08. The predicted molar refractivity (Wildman–Crippen MR) is 84.6 cm³/mol. The van der Waals surface area contributed by atoms with Crippen LogP contribution in [-0.2, 0) is 4.74 Å². The van der Waals surface area contributed by atoms with Crippen molar-refractivity contribution in [3.8, 4) is 0 Å². The number of hydrogen-bond acceptors (Lipinski definition) is 3. The van der Waals surface area contributed by atoms with Gasteiger partial charge in [-0.3, -0.25) is 0 Å². The Kier molecular flexibility index (Phi) is 6.86. The van der Waals surface area contributed by atoms with Crippen LogP contribution in [0.25, 0.3) is 0 Å². The summed E-state index contributed by atoms with van der Waals surface area (Å²) in [6.07, 6.45) is 3.27. The number of methoxy groups -OCH3 is 1. The van der Waals surface area contributed by atoms with Crippen LogP contribution in [-0.4, -0.2) is 19.1 Å². The van der Waals surface area contributed by atoms with E-state index >= 15 is 0 Å². The number of carbonyl (C=O) groups is 1. The molecule has 0 fully saturated rings. The van der Waals surface area contributed by atoms with Gasteiger partial charge in [-0.25, -0.2) is 4.79 Å². The number of hydrogen-bond donors (Lipinski definition) is 1. The summed E-state index contributed by atoms with van der Waals surface area (Å²) in [5.41, 5.74) is 1.31. The standard InChI is InChI=1S/C16H24ClNO2/c1-5-11(3)9-13(6-2)18-15-10-12(16(19)20-4)7-8-14(15)17/h7-8,10-11,13,18H,5-6,9H2,1-4H3. The molecule has 1 aromatic rings. The lowest BCUT2D eigenvalue weighted by molar-refractivity contribution is 0.0601. The van der Waals surface area contributed by atoms with Gasteiger partial charge in [0, 0.05) is 6.04 Å². The SMILES string of the molecule is CCC(C)CC(CC)Nc1cc(C(=O)OC)ccc1Cl. The number of carbonyl (C=O) groups excluding carboxylic acids is 1. The van der Waals surface area contributed by atoms with Crippen LogP contribution in [0.15, 0.2) is 18.2 Å². The highest BCUT2D eigenvalue weighted by Gasteiger charge is 2.14. The molecule has 0 heterocycles. The molecule has 1 rings (SSSR count). The third-order valence-electron chi connectivity index (χ3n) is 3.62. The molecule has 0 bridgehead atoms. The van der Waals surface area contributed by atoms with E-state index in [-0.39, 0.29) is 5.97 Å². The summed E-state index contributed by atoms with van der Waals surface area (Å²) in [6.45, 7) is 6.59. The highest BCUT2D eigenvalue weighted by Crippen LogP contribution is 2.26. The molecule has 0 saturated heterocycles. The minimum Gasteiger partial charge on any atom is -0.465 e. The van der Waals surface area contributed by atoms with Gasteiger partial charge in [-0.1, -0.05) is 38.8 Å². The van der Waals surface area contributed by atoms with Gasteiger partial charge < -0.3 is 10.1 Å². The van der Waals surface area contributed by atoms with Crippen molar-refractivity contribution in [1.82, 2.24) is 0 Å². The van der Waals surface area contributed by atoms with Gasteiger partial charge in [-0.05, 0) is 37.0 Å². The van der Waals surface area contributed by atoms with Crippen LogP contribution in [0.1, 0.15) is 50.4 Å². The van der Waals surface area contributed by atoms with Crippen LogP contribution in [0.3, 0.4) is 0 Å². The molecule has 0 aliphatic carbocycles. The highest BCUT2D eigenvalue weighted by atomic mass is 35.5. The second-order valence-corrected chi connectivity index (χ2v) is 5.59. The highest BCUT2D eigenvalue weighted by molar-refractivity contribution is 6.33. The van der Waals surface area contributed by atoms with Crippen molar-refractivity contribution >= 4 is 23.3 Å². The van der Waals surface area contributed by atoms with Crippen LogP contribution in [0.4, 0.5) is 5.69 Å². The van der Waals surface area contributed by atoms with Crippen molar-refractivity contribution < 1.29 is 9.53 Å². The van der Waals surface area contributed by atoms with Crippen molar-refractivity contribution in [3.63, 3.8) is 0 Å². The number of anilines is 1. The van der Waals surface area contributed by atoms with E-state index in [1.807, 2.05) is 0 Å². The molecule has 112 valence electrons. The van der Waals surface area contributed by atoms with Crippen molar-refractivity contribution in [3.05, 3.63) is 28.8 Å². The predicted octanol–water partition coefficient (Wildman–Crippen LogP) is 4.75. The zero-order valence-corrected chi connectivity index (χ0v) is 13.5. The van der Waals surface area contributed by atoms with Gasteiger partial charge in [0.05, 0.1) is 23.4 Å². The van der Waals surface area contributed by atoms with Gasteiger partial charge in [-0.2, -0.15) is 0 Å². The molecule has 2 unspecified atom stereocenters. The second-order valence-electron chi connectivity index (χ2n) is 5.18. The molecule has 3 nitrogen and oxygen atoms in total. The molecule has 0 spiro atoms. The maximum absolute atomic E-state index is 11.6. The zero-order chi connectivity index (χ0) is 15.1. The smallest absolute Gasteiger partial charge is 0.337 e. The number of esters is 1. The van der Waals surface area contributed by atoms with E-state index in [1.165, 1.54) is 7.11 Å². The molecule has 4 heteroatoms. The van der Waals surface area contributed by atoms with E-state index in [2.05, 4.69) is 26.1 Å². The Hall–Kier alpha value is -1.22. The monoisotopic (exact) mass is 297 g/mol. The lowest BCUT2D eigenvalue weighted by atomic mass is 9.97. The summed E-state index contributed by atoms with van der Waals surface area (Å²) >= 11 is 6.20. The quantitative estimate of drug-likeness (QED) is 0.738. The Balaban J connectivity index is 2.86. The lowest BCUT2D eigenvalue weighted by Crippen LogP contribution is -2.21. The maximum Gasteiger partial charge on any atom is 0.337 e. The van der Waals surface area contributed by atoms with Crippen LogP contribution < -0.4 is 5.32 Å². The summed E-state index contributed by atoms with van der Waals surface area (Å²) in [5, 5.41) is 4.07. The summed E-state index contributed by atoms with van der Waals surface area (Å²) in [4.78, 5) is 11.6. The Morgan fingerprint density at radius 2 is 2.05 bits per heavy atom. The first kappa shape index (κ1) is 16.8. The van der Waals surface area contributed by atoms with E-state index < -0.39 is 0 Å². The van der Waals surface area contributed by atoms with Gasteiger partial charge in [-0.15, -0.1) is 0 Å². The minimum absolute atomic E-state index is 0.348. The van der Waals surface area contributed by atoms with Crippen molar-refractivity contribution in [2.75, 3.05) is 12.4 Å². The summed E-state index contributed by atoms with van der Waals surface area (Å²) in [6, 6.07) is 5.52. The Labute approximate surface area is 126 Å². The third-order valence-corrected chi connectivity index (χ3v) is 3.95. The van der Waals surface area contributed by atoms with Gasteiger partial charge in [0.2, 0.25) is 0 Å². The number of benzene rings is 1. The number of rotatable bonds is 7. The van der Waals surface area contributed by atoms with Crippen LogP contribution in [0, 0.1) is 5.92 Å². The van der Waals surface area contributed by atoms with E-state index in [1.54, 1.807) is 18.2 Å². The minimum atomic E-state index is -0.348. The summed E-state index contributed by atoms with van der Waals surface area (Å²) in [5.74, 6) is 0.315. The molecule has 20 heavy (non-hydrogen) atoms. The van der Waals surface area contributed by atoms with Gasteiger partial charge >= 0.3 is 5.97 Å². The largest absolute Gasteiger partial charge is 0.465 e. The first-order chi connectivity index (χ1) is 9.51. The number of ether oxygens (including phenoxy) is 1. The molecule has 0 saturated carbocycles. The average molecular weight is 298 g/mol. The molecule has 0 amide bonds. The zero-order valence-electron chi connectivity index (χ0n) is 12.7. The molecule has 0 radical (unpaired) electrons. The van der Waals surface area contributed by atoms with E-state index in [4.69, 9.17) is 16.3 Å². The normalized spacial score (nSPS) is 13.7. The Morgan fingerprint density at radius 1 is 1.35 bits per heavy atom. The molecule has 0 aliphatic rings. The van der Waals surface area contributed by atoms with Gasteiger partial charge in [0.15, 0.2) is 0 Å². The second kappa shape index (κ2) is 8.15. The van der Waals surface area contributed by atoms with Gasteiger partial charge in [0.1, 0.15) is 0 Å². The molecule has 0 aliphatic heterocycles. The summed E-state index contributed by atoms with van der Waals surface area (Å²) in [7, 11) is 1.38. The topological polar surface area (TPSA) is 38.3 Å². The van der Waals surface area contributed by atoms with Gasteiger partial charge in [0.25, 0.3) is 0 Å².